The molecule has 86 valence electrons. The van der Waals surface area contributed by atoms with Gasteiger partial charge in [-0.1, -0.05) is 11.6 Å². The van der Waals surface area contributed by atoms with Crippen LogP contribution in [0.5, 0.6) is 0 Å². The Hall–Kier alpha value is -0.670. The van der Waals surface area contributed by atoms with E-state index in [1.54, 1.807) is 12.3 Å². The van der Waals surface area contributed by atoms with Crippen LogP contribution >= 0.6 is 11.6 Å². The van der Waals surface area contributed by atoms with Gasteiger partial charge in [-0.15, -0.1) is 0 Å². The number of nitrogens with zero attached hydrogens (tertiary/aromatic N) is 3. The molecule has 2 atom stereocenters. The Bertz CT molecular complexity index is 382. The Morgan fingerprint density at radius 1 is 1.31 bits per heavy atom. The molecule has 3 heterocycles. The molecule has 3 rings (SSSR count). The van der Waals surface area contributed by atoms with Crippen LogP contribution in [0, 0.1) is 0 Å². The molecule has 0 N–H and O–H groups in total. The van der Waals surface area contributed by atoms with E-state index in [9.17, 15) is 0 Å². The molecule has 0 radical (unpaired) electrons. The van der Waals surface area contributed by atoms with Gasteiger partial charge in [0.05, 0.1) is 0 Å². The molecule has 2 saturated heterocycles. The fourth-order valence-corrected chi connectivity index (χ4v) is 3.31. The molecule has 0 aromatic carbocycles. The molecule has 3 nitrogen and oxygen atoms in total. The number of rotatable bonds is 1. The summed E-state index contributed by atoms with van der Waals surface area (Å²) in [6.45, 7) is 0. The molecule has 4 heteroatoms. The zero-order valence-corrected chi connectivity index (χ0v) is 10.2. The number of aromatic nitrogens is 2. The van der Waals surface area contributed by atoms with E-state index in [0.717, 1.165) is 17.9 Å². The second kappa shape index (κ2) is 3.97. The SMILES string of the molecule is CN1C2CCC1CC(c1nccc(Cl)n1)C2. The first-order chi connectivity index (χ1) is 7.74. The summed E-state index contributed by atoms with van der Waals surface area (Å²) in [5.41, 5.74) is 0. The van der Waals surface area contributed by atoms with Crippen LogP contribution in [-0.2, 0) is 0 Å². The summed E-state index contributed by atoms with van der Waals surface area (Å²) in [5, 5.41) is 0.566. The van der Waals surface area contributed by atoms with Crippen molar-refractivity contribution in [3.05, 3.63) is 23.2 Å². The van der Waals surface area contributed by atoms with E-state index in [2.05, 4.69) is 21.9 Å². The lowest BCUT2D eigenvalue weighted by Crippen LogP contribution is -2.39. The standard InChI is InChI=1S/C12H16ClN3/c1-16-9-2-3-10(16)7-8(6-9)12-14-5-4-11(13)15-12/h4-5,8-10H,2-3,6-7H2,1H3. The van der Waals surface area contributed by atoms with E-state index in [1.807, 2.05) is 0 Å². The average Bonchev–Trinajstić information content (AvgIpc) is 2.53. The van der Waals surface area contributed by atoms with Crippen molar-refractivity contribution in [3.63, 3.8) is 0 Å². The highest BCUT2D eigenvalue weighted by Crippen LogP contribution is 2.41. The quantitative estimate of drug-likeness (QED) is 0.703. The van der Waals surface area contributed by atoms with Gasteiger partial charge in [-0.3, -0.25) is 0 Å². The minimum absolute atomic E-state index is 0.507. The molecule has 2 fully saturated rings. The van der Waals surface area contributed by atoms with Crippen LogP contribution in [0.2, 0.25) is 5.15 Å². The maximum absolute atomic E-state index is 5.92. The lowest BCUT2D eigenvalue weighted by molar-refractivity contribution is 0.159. The Morgan fingerprint density at radius 2 is 2.00 bits per heavy atom. The summed E-state index contributed by atoms with van der Waals surface area (Å²) in [5.74, 6) is 1.45. The highest BCUT2D eigenvalue weighted by Gasteiger charge is 2.39. The molecule has 1 aromatic rings. The molecule has 2 unspecified atom stereocenters. The molecule has 0 amide bonds. The summed E-state index contributed by atoms with van der Waals surface area (Å²) in [4.78, 5) is 11.3. The van der Waals surface area contributed by atoms with Crippen molar-refractivity contribution in [1.29, 1.82) is 0 Å². The maximum Gasteiger partial charge on any atom is 0.133 e. The van der Waals surface area contributed by atoms with Crippen LogP contribution in [0.25, 0.3) is 0 Å². The molecular formula is C12H16ClN3. The van der Waals surface area contributed by atoms with Gasteiger partial charge in [-0.25, -0.2) is 9.97 Å². The average molecular weight is 238 g/mol. The van der Waals surface area contributed by atoms with Crippen molar-refractivity contribution >= 4 is 11.6 Å². The maximum atomic E-state index is 5.92. The number of hydrogen-bond acceptors (Lipinski definition) is 3. The normalized spacial score (nSPS) is 34.2. The van der Waals surface area contributed by atoms with Crippen LogP contribution < -0.4 is 0 Å². The van der Waals surface area contributed by atoms with Crippen LogP contribution in [0.4, 0.5) is 0 Å². The molecule has 2 aliphatic rings. The highest BCUT2D eigenvalue weighted by molar-refractivity contribution is 6.29. The summed E-state index contributed by atoms with van der Waals surface area (Å²) < 4.78 is 0. The predicted octanol–water partition coefficient (Wildman–Crippen LogP) is 2.47. The highest BCUT2D eigenvalue weighted by atomic mass is 35.5. The van der Waals surface area contributed by atoms with Gasteiger partial charge in [0.15, 0.2) is 0 Å². The van der Waals surface area contributed by atoms with Crippen molar-refractivity contribution in [2.75, 3.05) is 7.05 Å². The second-order valence-corrected chi connectivity index (χ2v) is 5.34. The third-order valence-electron chi connectivity index (χ3n) is 4.10. The Morgan fingerprint density at radius 3 is 2.62 bits per heavy atom. The van der Waals surface area contributed by atoms with E-state index in [0.29, 0.717) is 11.1 Å². The van der Waals surface area contributed by atoms with Gasteiger partial charge in [-0.05, 0) is 38.8 Å². The van der Waals surface area contributed by atoms with E-state index in [4.69, 9.17) is 11.6 Å². The van der Waals surface area contributed by atoms with Gasteiger partial charge in [-0.2, -0.15) is 0 Å². The van der Waals surface area contributed by atoms with Crippen LogP contribution in [-0.4, -0.2) is 34.0 Å². The molecule has 0 spiro atoms. The van der Waals surface area contributed by atoms with Gasteiger partial charge < -0.3 is 4.90 Å². The molecule has 2 bridgehead atoms. The Balaban J connectivity index is 1.83. The van der Waals surface area contributed by atoms with Crippen molar-refractivity contribution < 1.29 is 0 Å². The summed E-state index contributed by atoms with van der Waals surface area (Å²) >= 11 is 5.92. The third kappa shape index (κ3) is 1.72. The molecular weight excluding hydrogens is 222 g/mol. The lowest BCUT2D eigenvalue weighted by Gasteiger charge is -2.35. The topological polar surface area (TPSA) is 29.0 Å². The monoisotopic (exact) mass is 237 g/mol. The Kier molecular flexibility index (Phi) is 2.60. The van der Waals surface area contributed by atoms with Gasteiger partial charge in [0.25, 0.3) is 0 Å². The van der Waals surface area contributed by atoms with Crippen molar-refractivity contribution in [3.8, 4) is 0 Å². The van der Waals surface area contributed by atoms with E-state index in [-0.39, 0.29) is 0 Å². The smallest absolute Gasteiger partial charge is 0.133 e. The van der Waals surface area contributed by atoms with Gasteiger partial charge in [0.2, 0.25) is 0 Å². The Labute approximate surface area is 101 Å². The molecule has 0 saturated carbocycles. The number of hydrogen-bond donors (Lipinski definition) is 0. The minimum atomic E-state index is 0.507. The molecule has 0 aliphatic carbocycles. The van der Waals surface area contributed by atoms with Gasteiger partial charge >= 0.3 is 0 Å². The van der Waals surface area contributed by atoms with Crippen LogP contribution in [0.3, 0.4) is 0 Å². The van der Waals surface area contributed by atoms with E-state index < -0.39 is 0 Å². The first-order valence-electron chi connectivity index (χ1n) is 5.94. The van der Waals surface area contributed by atoms with Gasteiger partial charge in [0, 0.05) is 24.2 Å². The number of halogens is 1. The minimum Gasteiger partial charge on any atom is -0.300 e. The zero-order valence-electron chi connectivity index (χ0n) is 9.43. The molecule has 16 heavy (non-hydrogen) atoms. The zero-order chi connectivity index (χ0) is 11.1. The van der Waals surface area contributed by atoms with Crippen molar-refractivity contribution in [2.24, 2.45) is 0 Å². The fraction of sp³-hybridized carbons (Fsp3) is 0.667. The van der Waals surface area contributed by atoms with E-state index >= 15 is 0 Å². The largest absolute Gasteiger partial charge is 0.300 e. The predicted molar refractivity (Wildman–Crippen MR) is 63.6 cm³/mol. The van der Waals surface area contributed by atoms with Gasteiger partial charge in [0.1, 0.15) is 11.0 Å². The molecule has 1 aromatic heterocycles. The summed E-state index contributed by atoms with van der Waals surface area (Å²) in [6.07, 6.45) is 6.81. The third-order valence-corrected chi connectivity index (χ3v) is 4.31. The van der Waals surface area contributed by atoms with Crippen molar-refractivity contribution in [2.45, 2.75) is 43.7 Å². The first kappa shape index (κ1) is 10.5. The summed E-state index contributed by atoms with van der Waals surface area (Å²) in [6, 6.07) is 3.20. The second-order valence-electron chi connectivity index (χ2n) is 4.96. The van der Waals surface area contributed by atoms with Crippen molar-refractivity contribution in [1.82, 2.24) is 14.9 Å². The van der Waals surface area contributed by atoms with Crippen LogP contribution in [0.15, 0.2) is 12.3 Å². The number of fused-ring (bicyclic) bond motifs is 2. The fourth-order valence-electron chi connectivity index (χ4n) is 3.17. The number of piperidine rings is 1. The lowest BCUT2D eigenvalue weighted by atomic mass is 9.90. The summed E-state index contributed by atoms with van der Waals surface area (Å²) in [7, 11) is 2.25. The van der Waals surface area contributed by atoms with E-state index in [1.165, 1.54) is 25.7 Å². The van der Waals surface area contributed by atoms with Crippen LogP contribution in [0.1, 0.15) is 37.4 Å². The molecule has 2 aliphatic heterocycles. The first-order valence-corrected chi connectivity index (χ1v) is 6.32.